The zero-order valence-electron chi connectivity index (χ0n) is 13.7. The highest BCUT2D eigenvalue weighted by atomic mass is 16.5. The molecule has 0 aromatic carbocycles. The Morgan fingerprint density at radius 2 is 1.70 bits per heavy atom. The molecule has 1 aliphatic heterocycles. The maximum absolute atomic E-state index is 12.4. The van der Waals surface area contributed by atoms with Crippen LogP contribution >= 0.6 is 0 Å². The summed E-state index contributed by atoms with van der Waals surface area (Å²) in [4.78, 5) is 12.4. The number of rotatable bonds is 1. The lowest BCUT2D eigenvalue weighted by Gasteiger charge is -2.06. The first kappa shape index (κ1) is 16.3. The molecule has 5 nitrogen and oxygen atoms in total. The fourth-order valence-corrected chi connectivity index (χ4v) is 2.67. The van der Waals surface area contributed by atoms with E-state index < -0.39 is 5.97 Å². The van der Waals surface area contributed by atoms with E-state index in [-0.39, 0.29) is 11.3 Å². The van der Waals surface area contributed by atoms with Crippen molar-refractivity contribution in [2.24, 2.45) is 0 Å². The van der Waals surface area contributed by atoms with Crippen molar-refractivity contribution in [3.63, 3.8) is 0 Å². The second kappa shape index (κ2) is 5.98. The minimum absolute atomic E-state index is 0.0345. The number of furan rings is 1. The number of carbonyl (C=O) groups is 1. The molecule has 0 spiro atoms. The van der Waals surface area contributed by atoms with Gasteiger partial charge in [-0.2, -0.15) is 10.5 Å². The molecular weight excluding hydrogens is 292 g/mol. The highest BCUT2D eigenvalue weighted by molar-refractivity contribution is 6.07. The van der Waals surface area contributed by atoms with Crippen LogP contribution in [0.4, 0.5) is 0 Å². The highest BCUT2D eigenvalue weighted by Crippen LogP contribution is 2.40. The second-order valence-corrected chi connectivity index (χ2v) is 5.52. The van der Waals surface area contributed by atoms with Crippen LogP contribution in [0.15, 0.2) is 38.5 Å². The van der Waals surface area contributed by atoms with Crippen molar-refractivity contribution in [3.8, 4) is 12.1 Å². The molecule has 116 valence electrons. The molecule has 0 aliphatic carbocycles. The van der Waals surface area contributed by atoms with Gasteiger partial charge in [0.25, 0.3) is 0 Å². The lowest BCUT2D eigenvalue weighted by atomic mass is 9.93. The van der Waals surface area contributed by atoms with Gasteiger partial charge in [0.15, 0.2) is 11.3 Å². The smallest absolute Gasteiger partial charge is 0.344 e. The lowest BCUT2D eigenvalue weighted by molar-refractivity contribution is -0.132. The Morgan fingerprint density at radius 3 is 2.13 bits per heavy atom. The Bertz CT molecular complexity index is 860. The van der Waals surface area contributed by atoms with Crippen LogP contribution in [0.2, 0.25) is 0 Å². The van der Waals surface area contributed by atoms with E-state index in [1.807, 2.05) is 33.8 Å². The van der Waals surface area contributed by atoms with E-state index in [1.165, 1.54) is 0 Å². The van der Waals surface area contributed by atoms with Crippen molar-refractivity contribution >= 4 is 11.5 Å². The molecule has 1 fully saturated rings. The molecule has 0 unspecified atom stereocenters. The standard InChI is InChI=1S/C18H16N2O3/c1-9(2)15-16(11(4)14-6-10(3)22-12(14)5)18(21)23-17(15)13(7-19)8-20/h6H,1-5H3/b16-11+. The molecule has 0 radical (unpaired) electrons. The number of hydrogen-bond acceptors (Lipinski definition) is 5. The molecule has 0 N–H and O–H groups in total. The van der Waals surface area contributed by atoms with Gasteiger partial charge in [0.1, 0.15) is 23.7 Å². The normalized spacial score (nSPS) is 15.9. The van der Waals surface area contributed by atoms with Crippen LogP contribution in [0, 0.1) is 36.5 Å². The third-order valence-corrected chi connectivity index (χ3v) is 3.65. The third kappa shape index (κ3) is 2.69. The number of nitrogens with zero attached hydrogens (tertiary/aromatic N) is 2. The Balaban J connectivity index is 2.80. The van der Waals surface area contributed by atoms with Crippen LogP contribution in [0.5, 0.6) is 0 Å². The average molecular weight is 308 g/mol. The fourth-order valence-electron chi connectivity index (χ4n) is 2.67. The van der Waals surface area contributed by atoms with Gasteiger partial charge in [0, 0.05) is 11.1 Å². The summed E-state index contributed by atoms with van der Waals surface area (Å²) < 4.78 is 10.8. The summed E-state index contributed by atoms with van der Waals surface area (Å²) in [7, 11) is 0. The molecule has 2 rings (SSSR count). The van der Waals surface area contributed by atoms with E-state index in [0.717, 1.165) is 16.9 Å². The number of carbonyl (C=O) groups excluding carboxylic acids is 1. The predicted octanol–water partition coefficient (Wildman–Crippen LogP) is 3.86. The summed E-state index contributed by atoms with van der Waals surface area (Å²) in [5, 5.41) is 18.2. The molecule has 1 aromatic rings. The quantitative estimate of drug-likeness (QED) is 0.446. The van der Waals surface area contributed by atoms with Gasteiger partial charge in [-0.15, -0.1) is 0 Å². The van der Waals surface area contributed by atoms with E-state index in [1.54, 1.807) is 19.1 Å². The van der Waals surface area contributed by atoms with Gasteiger partial charge in [0.2, 0.25) is 0 Å². The second-order valence-electron chi connectivity index (χ2n) is 5.52. The maximum Gasteiger partial charge on any atom is 0.344 e. The van der Waals surface area contributed by atoms with E-state index in [2.05, 4.69) is 0 Å². The third-order valence-electron chi connectivity index (χ3n) is 3.65. The topological polar surface area (TPSA) is 87.0 Å². The van der Waals surface area contributed by atoms with E-state index >= 15 is 0 Å². The summed E-state index contributed by atoms with van der Waals surface area (Å²) in [6.07, 6.45) is 0. The van der Waals surface area contributed by atoms with Gasteiger partial charge < -0.3 is 9.15 Å². The molecule has 0 amide bonds. The molecule has 0 bridgehead atoms. The SMILES string of the molecule is CC(C)=C1C(=C(C#N)C#N)OC(=O)/C1=C(\C)c1cc(C)oc1C. The summed E-state index contributed by atoms with van der Waals surface area (Å²) in [6, 6.07) is 5.41. The fraction of sp³-hybridized carbons (Fsp3) is 0.278. The van der Waals surface area contributed by atoms with E-state index in [0.29, 0.717) is 22.5 Å². The van der Waals surface area contributed by atoms with Crippen molar-refractivity contribution in [1.82, 2.24) is 0 Å². The highest BCUT2D eigenvalue weighted by Gasteiger charge is 2.36. The molecule has 5 heteroatoms. The van der Waals surface area contributed by atoms with Crippen molar-refractivity contribution in [1.29, 1.82) is 10.5 Å². The number of ether oxygens (including phenoxy) is 1. The first-order valence-corrected chi connectivity index (χ1v) is 7.05. The lowest BCUT2D eigenvalue weighted by Crippen LogP contribution is -1.99. The number of aryl methyl sites for hydroxylation is 2. The monoisotopic (exact) mass is 308 g/mol. The van der Waals surface area contributed by atoms with Gasteiger partial charge >= 0.3 is 5.97 Å². The molecule has 23 heavy (non-hydrogen) atoms. The van der Waals surface area contributed by atoms with Crippen LogP contribution in [-0.2, 0) is 9.53 Å². The number of nitriles is 2. The predicted molar refractivity (Wildman–Crippen MR) is 83.5 cm³/mol. The molecule has 2 heterocycles. The molecule has 1 aromatic heterocycles. The Morgan fingerprint density at radius 1 is 1.09 bits per heavy atom. The summed E-state index contributed by atoms with van der Waals surface area (Å²) in [5.41, 5.74) is 2.96. The van der Waals surface area contributed by atoms with Gasteiger partial charge in [0.05, 0.1) is 5.57 Å². The summed E-state index contributed by atoms with van der Waals surface area (Å²) >= 11 is 0. The van der Waals surface area contributed by atoms with Crippen LogP contribution < -0.4 is 0 Å². The van der Waals surface area contributed by atoms with Gasteiger partial charge in [-0.05, 0) is 46.3 Å². The Kier molecular flexibility index (Phi) is 4.24. The van der Waals surface area contributed by atoms with Gasteiger partial charge in [-0.25, -0.2) is 4.79 Å². The Hall–Kier alpha value is -3.05. The summed E-state index contributed by atoms with van der Waals surface area (Å²) in [5.74, 6) is 0.918. The number of esters is 1. The average Bonchev–Trinajstić information content (AvgIpc) is 2.99. The van der Waals surface area contributed by atoms with Crippen molar-refractivity contribution in [3.05, 3.63) is 51.2 Å². The van der Waals surface area contributed by atoms with Crippen molar-refractivity contribution < 1.29 is 13.9 Å². The maximum atomic E-state index is 12.4. The number of hydrogen-bond donors (Lipinski definition) is 0. The van der Waals surface area contributed by atoms with Crippen molar-refractivity contribution in [2.75, 3.05) is 0 Å². The van der Waals surface area contributed by atoms with E-state index in [9.17, 15) is 4.79 Å². The van der Waals surface area contributed by atoms with Crippen LogP contribution in [0.3, 0.4) is 0 Å². The Labute approximate surface area is 134 Å². The first-order chi connectivity index (χ1) is 10.8. The molecule has 1 saturated heterocycles. The van der Waals surface area contributed by atoms with E-state index in [4.69, 9.17) is 19.7 Å². The largest absolute Gasteiger partial charge is 0.466 e. The molecular formula is C18H16N2O3. The summed E-state index contributed by atoms with van der Waals surface area (Å²) in [6.45, 7) is 9.08. The molecule has 0 atom stereocenters. The number of allylic oxidation sites excluding steroid dienone is 4. The zero-order valence-corrected chi connectivity index (χ0v) is 13.7. The first-order valence-electron chi connectivity index (χ1n) is 7.05. The van der Waals surface area contributed by atoms with Gasteiger partial charge in [-0.3, -0.25) is 0 Å². The molecule has 1 aliphatic rings. The van der Waals surface area contributed by atoms with Crippen LogP contribution in [-0.4, -0.2) is 5.97 Å². The minimum atomic E-state index is -0.560. The van der Waals surface area contributed by atoms with Crippen molar-refractivity contribution in [2.45, 2.75) is 34.6 Å². The van der Waals surface area contributed by atoms with Crippen LogP contribution in [0.25, 0.3) is 5.57 Å². The minimum Gasteiger partial charge on any atom is -0.466 e. The zero-order chi connectivity index (χ0) is 17.3. The number of cyclic esters (lactones) is 1. The van der Waals surface area contributed by atoms with Crippen LogP contribution in [0.1, 0.15) is 37.9 Å². The van der Waals surface area contributed by atoms with Gasteiger partial charge in [-0.1, -0.05) is 5.57 Å². The molecule has 0 saturated carbocycles.